The number of imidazole rings is 1. The number of nitrogens with one attached hydrogen (secondary N) is 7. The van der Waals surface area contributed by atoms with Crippen molar-refractivity contribution in [3.63, 3.8) is 0 Å². The molecule has 0 aliphatic heterocycles. The molecular weight excluding hydrogens is 1800 g/mol. The first-order valence-electron chi connectivity index (χ1n) is 31.9. The highest BCUT2D eigenvalue weighted by molar-refractivity contribution is 7.08. The van der Waals surface area contributed by atoms with E-state index in [0.717, 1.165) is 29.2 Å². The number of rotatable bonds is 0. The number of H-pyrrole nitrogens is 7. The number of furan rings is 1. The summed E-state index contributed by atoms with van der Waals surface area (Å²) in [6.45, 7) is 0. The number of tetrazole rings is 1. The van der Waals surface area contributed by atoms with E-state index in [-0.39, 0.29) is 0 Å². The van der Waals surface area contributed by atoms with E-state index < -0.39 is 0 Å². The summed E-state index contributed by atoms with van der Waals surface area (Å²) in [5, 5.41) is 112. The second-order valence-corrected chi connectivity index (χ2v) is 22.4. The molecule has 0 radical (unpaired) electrons. The Morgan fingerprint density at radius 1 is 0.290 bits per heavy atom. The first kappa shape index (κ1) is 103. The van der Waals surface area contributed by atoms with Gasteiger partial charge in [-0.2, -0.15) is 75.1 Å². The van der Waals surface area contributed by atoms with Crippen LogP contribution in [0, 0.1) is 0 Å². The Morgan fingerprint density at radius 2 is 1.13 bits per heavy atom. The maximum atomic E-state index is 4.58. The number of hydrogen-bond donors (Lipinski definition) is 7. The molecule has 0 saturated carbocycles. The number of thiophene rings is 1. The first-order chi connectivity index (χ1) is 62.0. The number of fused-ring (bicyclic) bond motifs is 1. The molecule has 0 saturated heterocycles. The maximum Gasteiger partial charge on any atom is 0.235 e. The van der Waals surface area contributed by atoms with Crippen molar-refractivity contribution in [1.29, 1.82) is 0 Å². The molecule has 24 heterocycles. The van der Waals surface area contributed by atoms with Gasteiger partial charge in [-0.1, -0.05) is 73.8 Å². The van der Waals surface area contributed by atoms with Crippen molar-refractivity contribution >= 4 is 115 Å². The van der Waals surface area contributed by atoms with Crippen LogP contribution in [0.4, 0.5) is 0 Å². The van der Waals surface area contributed by atoms with Crippen molar-refractivity contribution in [2.75, 3.05) is 0 Å². The SMILES string of the molecule is c1c[nH]cn1.c1cc[nH]c1.c1ccc2n[nH]nc2c1.c1ccoc1.c1ccsc1.c1cn[nH]c1.c1cn[nH]n1.c1cnoc1.c1cnon1.c1cnsc1.c1cnsn1.c1cocn1.c1cscn1.c1csnn1.c1nc[nH]n1.c1ncon1.c1ncsn1.c1nn[nH]n1.c1nnco1.c1nncs1.c1nnno1.c1nnns1.c1nnon1.c1nnsn1. The lowest BCUT2D eigenvalue weighted by atomic mass is 10.3. The second-order valence-electron chi connectivity index (χ2n) is 16.5. The van der Waals surface area contributed by atoms with Crippen LogP contribution in [-0.4, -0.2) is 240 Å². The highest BCUT2D eigenvalue weighted by atomic mass is 32.1. The average Bonchev–Trinajstić information content (AvgIpc) is 1.74. The zero-order valence-electron chi connectivity index (χ0n) is 62.7. The molecule has 0 aliphatic rings. The number of hydrogen-bond acceptors (Lipinski definition) is 58. The maximum absolute atomic E-state index is 4.58. The zero-order valence-corrected chi connectivity index (χ0v) is 70.0. The lowest BCUT2D eigenvalue weighted by molar-refractivity contribution is 0.292. The summed E-state index contributed by atoms with van der Waals surface area (Å²) in [4.78, 5) is 27.2. The normalized spacial score (nSPS) is 8.16. The molecule has 0 aliphatic carbocycles. The fourth-order valence-corrected chi connectivity index (χ4v) is 7.15. The minimum absolute atomic E-state index is 0.914. The molecule has 0 spiro atoms. The predicted octanol–water partition coefficient (Wildman–Crippen LogP) is 9.42. The van der Waals surface area contributed by atoms with E-state index in [2.05, 4.69) is 276 Å². The van der Waals surface area contributed by atoms with Crippen LogP contribution in [0.15, 0.2) is 382 Å². The third-order valence-corrected chi connectivity index (χ3v) is 12.7. The zero-order chi connectivity index (χ0) is 87.4. The van der Waals surface area contributed by atoms with E-state index >= 15 is 0 Å². The largest absolute Gasteiger partial charge is 0.473 e. The third-order valence-electron chi connectivity index (χ3n) is 8.60. The molecule has 124 heavy (non-hydrogen) atoms. The van der Waals surface area contributed by atoms with Crippen molar-refractivity contribution < 1.29 is 36.1 Å². The second kappa shape index (κ2) is 95.0. The molecule has 1 aromatic carbocycles. The molecule has 65 heteroatoms. The van der Waals surface area contributed by atoms with Gasteiger partial charge >= 0.3 is 0 Å². The highest BCUT2D eigenvalue weighted by Crippen LogP contribution is 2.04. The summed E-state index contributed by atoms with van der Waals surface area (Å²) in [5.41, 5.74) is 10.2. The van der Waals surface area contributed by atoms with Crippen LogP contribution in [-0.2, 0) is 0 Å². The number of thiazole rings is 1. The number of aromatic nitrogens is 48. The van der Waals surface area contributed by atoms with Gasteiger partial charge in [0.05, 0.1) is 114 Å². The van der Waals surface area contributed by atoms with Gasteiger partial charge in [-0.15, -0.1) is 68.6 Å². The van der Waals surface area contributed by atoms with Crippen molar-refractivity contribution in [1.82, 2.24) is 240 Å². The number of aromatic amines is 7. The van der Waals surface area contributed by atoms with Gasteiger partial charge in [0.1, 0.15) is 64.6 Å². The third kappa shape index (κ3) is 86.0. The summed E-state index contributed by atoms with van der Waals surface area (Å²) in [7, 11) is 0. The van der Waals surface area contributed by atoms with Crippen LogP contribution in [0.2, 0.25) is 0 Å². The van der Waals surface area contributed by atoms with Crippen LogP contribution in [0.25, 0.3) is 11.0 Å². The Kier molecular flexibility index (Phi) is 79.0. The molecular formula is C59H64N48O8S9. The first-order valence-corrected chi connectivity index (χ1v) is 39.5. The van der Waals surface area contributed by atoms with E-state index in [0.29, 0.717) is 0 Å². The molecule has 25 rings (SSSR count). The smallest absolute Gasteiger partial charge is 0.235 e. The molecule has 25 aromatic rings. The van der Waals surface area contributed by atoms with Crippen LogP contribution < -0.4 is 0 Å². The molecule has 642 valence electrons. The summed E-state index contributed by atoms with van der Waals surface area (Å²) in [6, 6.07) is 24.8. The fourth-order valence-electron chi connectivity index (χ4n) is 4.49. The Labute approximate surface area is 731 Å². The Hall–Kier alpha value is -16.9. The Bertz CT molecular complexity index is 3450. The molecule has 56 nitrogen and oxygen atoms in total. The predicted molar refractivity (Wildman–Crippen MR) is 441 cm³/mol. The van der Waals surface area contributed by atoms with Gasteiger partial charge in [0.15, 0.2) is 31.7 Å². The van der Waals surface area contributed by atoms with Gasteiger partial charge in [0.25, 0.3) is 0 Å². The monoisotopic (exact) mass is 1860 g/mol. The molecule has 0 fully saturated rings. The van der Waals surface area contributed by atoms with E-state index in [1.807, 2.05) is 112 Å². The summed E-state index contributed by atoms with van der Waals surface area (Å²) in [6.07, 6.45) is 52.4. The van der Waals surface area contributed by atoms with E-state index in [1.54, 1.807) is 156 Å². The lowest BCUT2D eigenvalue weighted by Gasteiger charge is -1.78. The van der Waals surface area contributed by atoms with Crippen molar-refractivity contribution in [2.45, 2.75) is 0 Å². The summed E-state index contributed by atoms with van der Waals surface area (Å²) >= 11 is 12.5. The number of benzene rings is 1. The van der Waals surface area contributed by atoms with Crippen LogP contribution >= 0.6 is 104 Å². The van der Waals surface area contributed by atoms with Gasteiger partial charge < -0.3 is 36.8 Å². The minimum atomic E-state index is 0.914. The van der Waals surface area contributed by atoms with Gasteiger partial charge in [-0.05, 0) is 116 Å². The van der Waals surface area contributed by atoms with Crippen molar-refractivity contribution in [3.05, 3.63) is 346 Å². The molecule has 0 bridgehead atoms. The van der Waals surface area contributed by atoms with Crippen LogP contribution in [0.1, 0.15) is 0 Å². The highest BCUT2D eigenvalue weighted by Gasteiger charge is 1.91. The van der Waals surface area contributed by atoms with Crippen LogP contribution in [0.5, 0.6) is 0 Å². The van der Waals surface area contributed by atoms with E-state index in [1.165, 1.54) is 164 Å². The molecule has 0 atom stereocenters. The summed E-state index contributed by atoms with van der Waals surface area (Å²) < 4.78 is 62.7. The molecule has 24 aromatic heterocycles. The average molecular weight is 1860 g/mol. The Morgan fingerprint density at radius 3 is 1.35 bits per heavy atom. The van der Waals surface area contributed by atoms with Crippen molar-refractivity contribution in [2.24, 2.45) is 0 Å². The van der Waals surface area contributed by atoms with Gasteiger partial charge in [-0.3, -0.25) is 15.2 Å². The van der Waals surface area contributed by atoms with E-state index in [4.69, 9.17) is 0 Å². The van der Waals surface area contributed by atoms with Gasteiger partial charge in [0, 0.05) is 77.2 Å². The lowest BCUT2D eigenvalue weighted by Crippen LogP contribution is -1.64. The molecule has 7 N–H and O–H groups in total. The van der Waals surface area contributed by atoms with Crippen LogP contribution in [0.3, 0.4) is 0 Å². The molecule has 0 amide bonds. The molecule has 0 unspecified atom stereocenters. The number of para-hydroxylation sites is 2. The number of nitrogens with zero attached hydrogens (tertiary/aromatic N) is 41. The fraction of sp³-hybridized carbons (Fsp3) is 0. The van der Waals surface area contributed by atoms with Crippen molar-refractivity contribution in [3.8, 4) is 0 Å². The topological polar surface area (TPSA) is 744 Å². The van der Waals surface area contributed by atoms with E-state index in [9.17, 15) is 0 Å². The minimum Gasteiger partial charge on any atom is -0.473 e. The van der Waals surface area contributed by atoms with Gasteiger partial charge in [0.2, 0.25) is 25.6 Å². The summed E-state index contributed by atoms with van der Waals surface area (Å²) in [5.74, 6) is 0. The number of oxazole rings is 1. The Balaban J connectivity index is 0.000000439. The standard InChI is InChI=1S/C6H5N3.C4H5N.C4H4O.C4H4S.2C3H4N2.2C3H3NO.2C3H3NS.2C2H3N3.3C2H2N2O.4C2H2N2S.CH2N4.2CHN3O.2CHN3S/c1-2-4-6-5(3-1)7-9-8-6;3*1-2-4-5-3-1;1-2-5-3-4-1;1-2-4-5-3-1;1-2-5-3-4-1;1-2-4-5-3-1;1-2-5-3-4-1;1-2-4-5-3-1;1-3-2-5-4-1;1-2-4-5-3-1;1-3-4-2-5-1;1-3-2-5-4-1;1-2-4-5-3-1;1-3-4-2-5-1;1-3-2-5-4-1;1-2-5-4-3-1;2*1-2-4-5-3-1;1-2-3-4-5-1;1-2-4-5-3-1;1-2-3-4-5-1;1-2-4-5-3-1/h1-4H,(H,7,8,9);1-5H;2*1-4H;2*1-3H,(H,4,5);4*1-3H;2*1-2H,(H,3,4,5);7*1-2H;1H,(H,2,3,4,5);4*1H. The quantitative estimate of drug-likeness (QED) is 0.0742. The van der Waals surface area contributed by atoms with Gasteiger partial charge in [-0.25, -0.2) is 38.6 Å².